The highest BCUT2D eigenvalue weighted by Crippen LogP contribution is 2.34. The number of allylic oxidation sites excluding steroid dienone is 2. The quantitative estimate of drug-likeness (QED) is 0.637. The Bertz CT molecular complexity index is 659. The van der Waals surface area contributed by atoms with Crippen molar-refractivity contribution in [1.29, 1.82) is 0 Å². The lowest BCUT2D eigenvalue weighted by atomic mass is 9.89. The smallest absolute Gasteiger partial charge is 0.326 e. The summed E-state index contributed by atoms with van der Waals surface area (Å²) in [5.74, 6) is -2.64. The zero-order valence-corrected chi connectivity index (χ0v) is 13.6. The largest absolute Gasteiger partial charge is 0.480 e. The number of Topliss-reactive ketones (excluding diaryl/α,β-unsaturated/α-hetero) is 1. The Morgan fingerprint density at radius 1 is 1.57 bits per heavy atom. The molecule has 0 radical (unpaired) electrons. The summed E-state index contributed by atoms with van der Waals surface area (Å²) in [6.07, 6.45) is -0.845. The highest BCUT2D eigenvalue weighted by atomic mass is 16.4. The van der Waals surface area contributed by atoms with Gasteiger partial charge < -0.3 is 10.4 Å². The molecule has 2 N–H and O–H groups in total. The molecular weight excluding hydrogens is 294 g/mol. The van der Waals surface area contributed by atoms with Gasteiger partial charge in [-0.05, 0) is 37.5 Å². The molecule has 1 aliphatic rings. The van der Waals surface area contributed by atoms with Gasteiger partial charge in [0, 0.05) is 25.6 Å². The maximum Gasteiger partial charge on any atom is 0.326 e. The van der Waals surface area contributed by atoms with Gasteiger partial charge >= 0.3 is 5.97 Å². The molecule has 130 valence electrons. The minimum absolute atomic E-state index is 0.0282. The predicted octanol–water partition coefficient (Wildman–Crippen LogP) is 2.94. The molecule has 1 saturated carbocycles. The van der Waals surface area contributed by atoms with E-state index in [0.717, 1.165) is 6.08 Å². The molecule has 0 aromatic rings. The van der Waals surface area contributed by atoms with Gasteiger partial charge in [-0.2, -0.15) is 0 Å². The van der Waals surface area contributed by atoms with Gasteiger partial charge in [-0.1, -0.05) is 32.8 Å². The Hall–Kier alpha value is -1.65. The topological polar surface area (TPSA) is 83.5 Å². The highest BCUT2D eigenvalue weighted by molar-refractivity contribution is 5.87. The number of ketones is 1. The van der Waals surface area contributed by atoms with Crippen LogP contribution >= 0.6 is 0 Å². The second-order valence-corrected chi connectivity index (χ2v) is 6.37. The first-order valence-electron chi connectivity index (χ1n) is 10.9. The summed E-state index contributed by atoms with van der Waals surface area (Å²) in [5, 5.41) is 11.7. The summed E-state index contributed by atoms with van der Waals surface area (Å²) >= 11 is 0. The average molecular weight is 329 g/mol. The molecule has 0 aromatic heterocycles. The lowest BCUT2D eigenvalue weighted by Crippen LogP contribution is -2.42. The van der Waals surface area contributed by atoms with E-state index in [1.54, 1.807) is 0 Å². The maximum atomic E-state index is 12.3. The van der Waals surface area contributed by atoms with Crippen LogP contribution in [0.2, 0.25) is 0 Å². The Morgan fingerprint density at radius 2 is 2.30 bits per heavy atom. The van der Waals surface area contributed by atoms with Crippen molar-refractivity contribution >= 4 is 17.7 Å². The van der Waals surface area contributed by atoms with Gasteiger partial charge in [-0.15, -0.1) is 0 Å². The second-order valence-electron chi connectivity index (χ2n) is 6.37. The third kappa shape index (κ3) is 6.55. The molecule has 0 saturated heterocycles. The van der Waals surface area contributed by atoms with Crippen molar-refractivity contribution in [1.82, 2.24) is 5.32 Å². The van der Waals surface area contributed by atoms with Crippen molar-refractivity contribution in [2.45, 2.75) is 65.2 Å². The molecule has 5 nitrogen and oxygen atoms in total. The molecule has 0 heterocycles. The number of aliphatic carboxylic acids is 1. The van der Waals surface area contributed by atoms with Crippen LogP contribution in [-0.4, -0.2) is 28.8 Å². The van der Waals surface area contributed by atoms with E-state index < -0.39 is 43.1 Å². The summed E-state index contributed by atoms with van der Waals surface area (Å²) in [5.41, 5.74) is 0. The normalized spacial score (nSPS) is 28.1. The van der Waals surface area contributed by atoms with Crippen LogP contribution in [0.3, 0.4) is 0 Å². The van der Waals surface area contributed by atoms with E-state index in [0.29, 0.717) is 6.42 Å². The van der Waals surface area contributed by atoms with E-state index in [4.69, 9.17) is 8.22 Å². The minimum atomic E-state index is -3.00. The highest BCUT2D eigenvalue weighted by Gasteiger charge is 2.35. The van der Waals surface area contributed by atoms with Gasteiger partial charge in [0.2, 0.25) is 5.91 Å². The SMILES string of the molecule is [2H]/C(=C/C[C@H]1C(=O)CC[C@@H]1CC(=O)N[C@@H](CC(C)C)C(=O)O)C([2H])([2H])C([2H])([2H])[2H]. The van der Waals surface area contributed by atoms with E-state index >= 15 is 0 Å². The third-order valence-electron chi connectivity index (χ3n) is 4.08. The summed E-state index contributed by atoms with van der Waals surface area (Å²) in [7, 11) is 0. The van der Waals surface area contributed by atoms with E-state index in [9.17, 15) is 19.5 Å². The first-order valence-corrected chi connectivity index (χ1v) is 7.89. The van der Waals surface area contributed by atoms with Gasteiger partial charge in [-0.25, -0.2) is 4.79 Å². The summed E-state index contributed by atoms with van der Waals surface area (Å²) in [4.78, 5) is 35.8. The van der Waals surface area contributed by atoms with Crippen LogP contribution in [0.25, 0.3) is 0 Å². The molecule has 1 amide bonds. The Kier molecular flexibility index (Phi) is 4.87. The van der Waals surface area contributed by atoms with Crippen LogP contribution in [0, 0.1) is 17.8 Å². The number of carboxylic acid groups (broad SMARTS) is 1. The Balaban J connectivity index is 2.80. The van der Waals surface area contributed by atoms with Gasteiger partial charge in [0.1, 0.15) is 11.8 Å². The maximum absolute atomic E-state index is 12.3. The van der Waals surface area contributed by atoms with Crippen molar-refractivity contribution in [2.24, 2.45) is 17.8 Å². The lowest BCUT2D eigenvalue weighted by Gasteiger charge is -2.20. The molecule has 1 fully saturated rings. The molecule has 0 spiro atoms. The van der Waals surface area contributed by atoms with E-state index in [1.165, 1.54) is 0 Å². The molecule has 1 rings (SSSR count). The summed E-state index contributed by atoms with van der Waals surface area (Å²) in [6, 6.07) is -1.73. The second kappa shape index (κ2) is 9.48. The van der Waals surface area contributed by atoms with Crippen molar-refractivity contribution in [3.05, 3.63) is 12.1 Å². The standard InChI is InChI=1S/C18H29NO4/c1-4-5-6-7-14-13(8-9-16(14)20)11-17(21)19-15(18(22)23)10-12(2)3/h5-6,12-15H,4,7-11H2,1-3H3,(H,19,21)(H,22,23)/b6-5-/t13-,14-,15+/m1/s1/i1D3,4D2,5D. The van der Waals surface area contributed by atoms with Crippen LogP contribution in [0.4, 0.5) is 0 Å². The van der Waals surface area contributed by atoms with Crippen LogP contribution in [-0.2, 0) is 14.4 Å². The number of hydrogen-bond donors (Lipinski definition) is 2. The number of rotatable bonds is 9. The van der Waals surface area contributed by atoms with Crippen LogP contribution in [0.15, 0.2) is 12.1 Å². The molecule has 0 bridgehead atoms. The molecule has 3 atom stereocenters. The number of carbonyl (C=O) groups excluding carboxylic acids is 2. The lowest BCUT2D eigenvalue weighted by molar-refractivity contribution is -0.142. The number of carboxylic acids is 1. The molecular formula is C18H29NO4. The summed E-state index contributed by atoms with van der Waals surface area (Å²) < 4.78 is 44.5. The minimum Gasteiger partial charge on any atom is -0.480 e. The average Bonchev–Trinajstić information content (AvgIpc) is 2.90. The van der Waals surface area contributed by atoms with E-state index in [-0.39, 0.29) is 43.3 Å². The molecule has 5 heteroatoms. The Labute approximate surface area is 147 Å². The molecule has 0 unspecified atom stereocenters. The monoisotopic (exact) mass is 329 g/mol. The van der Waals surface area contributed by atoms with Crippen molar-refractivity contribution in [2.75, 3.05) is 0 Å². The molecule has 0 aromatic carbocycles. The van der Waals surface area contributed by atoms with Gasteiger partial charge in [-0.3, -0.25) is 9.59 Å². The number of hydrogen-bond acceptors (Lipinski definition) is 3. The summed E-state index contributed by atoms with van der Waals surface area (Å²) in [6.45, 7) is 0.689. The zero-order chi connectivity index (χ0) is 22.6. The van der Waals surface area contributed by atoms with Crippen LogP contribution in [0.5, 0.6) is 0 Å². The third-order valence-corrected chi connectivity index (χ3v) is 4.08. The van der Waals surface area contributed by atoms with Gasteiger partial charge in [0.05, 0.1) is 1.37 Å². The van der Waals surface area contributed by atoms with E-state index in [1.807, 2.05) is 13.8 Å². The van der Waals surface area contributed by atoms with Gasteiger partial charge in [0.15, 0.2) is 0 Å². The van der Waals surface area contributed by atoms with Crippen molar-refractivity contribution in [3.63, 3.8) is 0 Å². The zero-order valence-electron chi connectivity index (χ0n) is 19.6. The molecule has 23 heavy (non-hydrogen) atoms. The molecule has 0 aliphatic heterocycles. The van der Waals surface area contributed by atoms with Crippen LogP contribution in [0.1, 0.15) is 67.4 Å². The number of carbonyl (C=O) groups is 3. The predicted molar refractivity (Wildman–Crippen MR) is 88.9 cm³/mol. The fraction of sp³-hybridized carbons (Fsp3) is 0.722. The van der Waals surface area contributed by atoms with Crippen molar-refractivity contribution < 1.29 is 27.7 Å². The molecule has 1 aliphatic carbocycles. The van der Waals surface area contributed by atoms with E-state index in [2.05, 4.69) is 5.32 Å². The first-order chi connectivity index (χ1) is 13.2. The number of nitrogens with one attached hydrogen (secondary N) is 1. The van der Waals surface area contributed by atoms with Crippen molar-refractivity contribution in [3.8, 4) is 0 Å². The fourth-order valence-corrected chi connectivity index (χ4v) is 2.97. The first kappa shape index (κ1) is 11.8. The Morgan fingerprint density at radius 3 is 2.91 bits per heavy atom. The van der Waals surface area contributed by atoms with Gasteiger partial charge in [0.25, 0.3) is 0 Å². The number of amides is 1. The fourth-order valence-electron chi connectivity index (χ4n) is 2.97. The van der Waals surface area contributed by atoms with Crippen LogP contribution < -0.4 is 5.32 Å².